The molecule has 1 heterocycles. The first kappa shape index (κ1) is 11.1. The van der Waals surface area contributed by atoms with E-state index in [1.807, 2.05) is 0 Å². The summed E-state index contributed by atoms with van der Waals surface area (Å²) in [4.78, 5) is 11.5. The van der Waals surface area contributed by atoms with E-state index in [1.54, 1.807) is 0 Å². The van der Waals surface area contributed by atoms with Crippen LogP contribution in [0.2, 0.25) is 0 Å². The molecule has 3 rings (SSSR count). The van der Waals surface area contributed by atoms with Crippen molar-refractivity contribution < 1.29 is 9.53 Å². The lowest BCUT2D eigenvalue weighted by atomic mass is 9.62. The maximum Gasteiger partial charge on any atom is 0.407 e. The number of ether oxygens (including phenoxy) is 1. The minimum Gasteiger partial charge on any atom is -0.443 e. The van der Waals surface area contributed by atoms with Gasteiger partial charge in [0.1, 0.15) is 6.10 Å². The number of nitrogens with one attached hydrogen (secondary N) is 1. The lowest BCUT2D eigenvalue weighted by molar-refractivity contribution is 0.0281. The molecule has 0 spiro atoms. The molecule has 1 aliphatic heterocycles. The molecule has 0 radical (unpaired) electrons. The number of hydrogen-bond acceptors (Lipinski definition) is 2. The molecule has 3 nitrogen and oxygen atoms in total. The first-order valence-electron chi connectivity index (χ1n) is 6.34. The quantitative estimate of drug-likeness (QED) is 0.656. The summed E-state index contributed by atoms with van der Waals surface area (Å²) < 4.78 is 5.56. The molecule has 2 bridgehead atoms. The van der Waals surface area contributed by atoms with Crippen molar-refractivity contribution in [2.75, 3.05) is 0 Å². The van der Waals surface area contributed by atoms with Crippen LogP contribution in [0, 0.1) is 16.2 Å². The molecule has 0 unspecified atom stereocenters. The zero-order valence-corrected chi connectivity index (χ0v) is 11.5. The Labute approximate surface area is 103 Å². The highest BCUT2D eigenvalue weighted by Gasteiger charge is 2.77. The minimum atomic E-state index is -0.254. The highest BCUT2D eigenvalue weighted by molar-refractivity contribution is 5.73. The number of carbonyl (C=O) groups excluding carboxylic acids is 1. The molecule has 0 aromatic carbocycles. The van der Waals surface area contributed by atoms with Crippen molar-refractivity contribution >= 4 is 6.09 Å². The number of fused-ring (bicyclic) bond motifs is 5. The molecule has 3 aliphatic rings. The Morgan fingerprint density at radius 3 is 2.18 bits per heavy atom. The van der Waals surface area contributed by atoms with Crippen LogP contribution in [0.15, 0.2) is 11.1 Å². The minimum absolute atomic E-state index is 0.00264. The molecule has 1 N–H and O–H groups in total. The van der Waals surface area contributed by atoms with Gasteiger partial charge < -0.3 is 10.1 Å². The molecular weight excluding hydrogens is 214 g/mol. The van der Waals surface area contributed by atoms with Gasteiger partial charge in [-0.15, -0.1) is 0 Å². The van der Waals surface area contributed by atoms with Gasteiger partial charge in [0.2, 0.25) is 0 Å². The molecular formula is C14H21NO2. The first-order chi connectivity index (χ1) is 7.69. The summed E-state index contributed by atoms with van der Waals surface area (Å²) >= 11 is 0. The zero-order chi connectivity index (χ0) is 12.8. The summed E-state index contributed by atoms with van der Waals surface area (Å²) in [7, 11) is 0. The lowest BCUT2D eigenvalue weighted by Crippen LogP contribution is -2.46. The fraction of sp³-hybridized carbons (Fsp3) is 0.786. The van der Waals surface area contributed by atoms with E-state index in [1.165, 1.54) is 11.1 Å². The highest BCUT2D eigenvalue weighted by atomic mass is 16.6. The van der Waals surface area contributed by atoms with E-state index in [9.17, 15) is 4.79 Å². The Kier molecular flexibility index (Phi) is 1.67. The number of hydrogen-bond donors (Lipinski definition) is 1. The number of rotatable bonds is 0. The van der Waals surface area contributed by atoms with Gasteiger partial charge >= 0.3 is 6.09 Å². The molecule has 1 saturated carbocycles. The molecule has 3 heteroatoms. The monoisotopic (exact) mass is 235 g/mol. The number of carbonyl (C=O) groups is 1. The predicted molar refractivity (Wildman–Crippen MR) is 65.6 cm³/mol. The summed E-state index contributed by atoms with van der Waals surface area (Å²) in [6, 6.07) is 0.124. The summed E-state index contributed by atoms with van der Waals surface area (Å²) in [6.45, 7) is 13.5. The van der Waals surface area contributed by atoms with Crippen LogP contribution in [-0.2, 0) is 4.74 Å². The van der Waals surface area contributed by atoms with Crippen molar-refractivity contribution in [2.24, 2.45) is 16.2 Å². The second-order valence-corrected chi connectivity index (χ2v) is 6.73. The third-order valence-electron chi connectivity index (χ3n) is 6.72. The normalized spacial score (nSPS) is 50.4. The van der Waals surface area contributed by atoms with Gasteiger partial charge in [-0.05, 0) is 19.3 Å². The number of amides is 1. The van der Waals surface area contributed by atoms with Crippen molar-refractivity contribution in [3.63, 3.8) is 0 Å². The van der Waals surface area contributed by atoms with Gasteiger partial charge in [0.15, 0.2) is 0 Å². The van der Waals surface area contributed by atoms with Gasteiger partial charge in [-0.1, -0.05) is 38.8 Å². The zero-order valence-electron chi connectivity index (χ0n) is 11.5. The van der Waals surface area contributed by atoms with E-state index in [-0.39, 0.29) is 34.5 Å². The van der Waals surface area contributed by atoms with Crippen molar-refractivity contribution in [1.29, 1.82) is 0 Å². The van der Waals surface area contributed by atoms with Gasteiger partial charge in [-0.2, -0.15) is 0 Å². The molecule has 2 fully saturated rings. The first-order valence-corrected chi connectivity index (χ1v) is 6.34. The van der Waals surface area contributed by atoms with Crippen LogP contribution in [-0.4, -0.2) is 18.2 Å². The topological polar surface area (TPSA) is 38.3 Å². The van der Waals surface area contributed by atoms with Gasteiger partial charge in [0.25, 0.3) is 0 Å². The standard InChI is InChI=1S/C14H21NO2/c1-7-8(2)14(6)10-9(15-11(16)17-10)13(7,5)12(14,3)4/h9-10H,1-6H3,(H,15,16)/t9-,10+,13-,14+/m1/s1. The summed E-state index contributed by atoms with van der Waals surface area (Å²) in [6.07, 6.45) is -0.269. The third-order valence-corrected chi connectivity index (χ3v) is 6.72. The smallest absolute Gasteiger partial charge is 0.407 e. The van der Waals surface area contributed by atoms with E-state index in [4.69, 9.17) is 4.74 Å². The average molecular weight is 235 g/mol. The van der Waals surface area contributed by atoms with Crippen LogP contribution in [0.25, 0.3) is 0 Å². The molecule has 0 aromatic rings. The van der Waals surface area contributed by atoms with Crippen molar-refractivity contribution in [3.05, 3.63) is 11.1 Å². The van der Waals surface area contributed by atoms with E-state index < -0.39 is 0 Å². The van der Waals surface area contributed by atoms with Crippen molar-refractivity contribution in [3.8, 4) is 0 Å². The van der Waals surface area contributed by atoms with E-state index >= 15 is 0 Å². The van der Waals surface area contributed by atoms with E-state index in [2.05, 4.69) is 46.9 Å². The van der Waals surface area contributed by atoms with Crippen molar-refractivity contribution in [2.45, 2.75) is 53.7 Å². The summed E-state index contributed by atoms with van der Waals surface area (Å²) in [5.41, 5.74) is 2.90. The summed E-state index contributed by atoms with van der Waals surface area (Å²) in [5.74, 6) is 0. The maximum absolute atomic E-state index is 11.5. The molecule has 2 aliphatic carbocycles. The van der Waals surface area contributed by atoms with Crippen LogP contribution in [0.5, 0.6) is 0 Å². The van der Waals surface area contributed by atoms with Gasteiger partial charge in [-0.3, -0.25) is 0 Å². The Hall–Kier alpha value is -0.990. The number of alkyl carbamates (subject to hydrolysis) is 1. The fourth-order valence-electron chi connectivity index (χ4n) is 4.77. The van der Waals surface area contributed by atoms with E-state index in [0.29, 0.717) is 0 Å². The Morgan fingerprint density at radius 2 is 1.59 bits per heavy atom. The summed E-state index contributed by atoms with van der Waals surface area (Å²) in [5, 5.41) is 3.02. The largest absolute Gasteiger partial charge is 0.443 e. The second-order valence-electron chi connectivity index (χ2n) is 6.73. The van der Waals surface area contributed by atoms with Crippen molar-refractivity contribution in [1.82, 2.24) is 5.32 Å². The molecule has 1 saturated heterocycles. The Balaban J connectivity index is 2.28. The van der Waals surface area contributed by atoms with E-state index in [0.717, 1.165) is 0 Å². The highest BCUT2D eigenvalue weighted by Crippen LogP contribution is 2.74. The van der Waals surface area contributed by atoms with Gasteiger partial charge in [-0.25, -0.2) is 4.79 Å². The molecule has 17 heavy (non-hydrogen) atoms. The van der Waals surface area contributed by atoms with Crippen LogP contribution >= 0.6 is 0 Å². The SMILES string of the molecule is CC1=C(C)[C@]2(C)[C@@H]3NC(=O)O[C@@H]3[C@@]1(C)C2(C)C. The van der Waals surface area contributed by atoms with Crippen LogP contribution < -0.4 is 5.32 Å². The molecule has 1 amide bonds. The second kappa shape index (κ2) is 2.55. The Bertz CT molecular complexity index is 427. The maximum atomic E-state index is 11.5. The lowest BCUT2D eigenvalue weighted by Gasteiger charge is -2.42. The molecule has 4 atom stereocenters. The fourth-order valence-corrected chi connectivity index (χ4v) is 4.77. The molecule has 94 valence electrons. The molecule has 0 aromatic heterocycles. The van der Waals surface area contributed by atoms with Crippen LogP contribution in [0.4, 0.5) is 4.79 Å². The van der Waals surface area contributed by atoms with Gasteiger partial charge in [0, 0.05) is 10.8 Å². The average Bonchev–Trinajstić information content (AvgIpc) is 2.72. The Morgan fingerprint density at radius 1 is 1.06 bits per heavy atom. The predicted octanol–water partition coefficient (Wildman–Crippen LogP) is 2.87. The van der Waals surface area contributed by atoms with Crippen LogP contribution in [0.3, 0.4) is 0 Å². The van der Waals surface area contributed by atoms with Gasteiger partial charge in [0.05, 0.1) is 6.04 Å². The van der Waals surface area contributed by atoms with Crippen LogP contribution in [0.1, 0.15) is 41.5 Å². The third kappa shape index (κ3) is 0.782.